The highest BCUT2D eigenvalue weighted by Gasteiger charge is 2.06. The molecule has 0 aliphatic rings. The maximum absolute atomic E-state index is 6.14. The van der Waals surface area contributed by atoms with Crippen LogP contribution >= 0.6 is 11.6 Å². The average molecular weight is 278 g/mol. The normalized spacial score (nSPS) is 10.6. The molecule has 0 aliphatic carbocycles. The van der Waals surface area contributed by atoms with Crippen LogP contribution in [0.25, 0.3) is 11.4 Å². The van der Waals surface area contributed by atoms with Gasteiger partial charge in [-0.15, -0.1) is 0 Å². The van der Waals surface area contributed by atoms with Crippen molar-refractivity contribution in [1.29, 1.82) is 0 Å². The molecule has 0 unspecified atom stereocenters. The lowest BCUT2D eigenvalue weighted by Gasteiger charge is -2.06. The molecule has 0 saturated heterocycles. The van der Waals surface area contributed by atoms with Crippen molar-refractivity contribution in [2.24, 2.45) is 0 Å². The van der Waals surface area contributed by atoms with Gasteiger partial charge in [0.2, 0.25) is 0 Å². The molecular weight excluding hydrogens is 262 g/mol. The Hall–Kier alpha value is -1.49. The third-order valence-electron chi connectivity index (χ3n) is 2.62. The number of methoxy groups -OCH3 is 1. The monoisotopic (exact) mass is 277 g/mol. The summed E-state index contributed by atoms with van der Waals surface area (Å²) in [6, 6.07) is 9.46. The Labute approximate surface area is 117 Å². The molecule has 0 atom stereocenters. The Morgan fingerprint density at radius 3 is 2.89 bits per heavy atom. The first-order valence-corrected chi connectivity index (χ1v) is 6.45. The number of nitrogens with one attached hydrogen (secondary N) is 1. The molecule has 2 aromatic rings. The predicted octanol–water partition coefficient (Wildman–Crippen LogP) is 2.53. The summed E-state index contributed by atoms with van der Waals surface area (Å²) in [4.78, 5) is 8.77. The van der Waals surface area contributed by atoms with E-state index < -0.39 is 0 Å². The van der Waals surface area contributed by atoms with Crippen LogP contribution in [0.15, 0.2) is 36.5 Å². The van der Waals surface area contributed by atoms with Crippen molar-refractivity contribution >= 4 is 11.6 Å². The average Bonchev–Trinajstić information content (AvgIpc) is 2.44. The smallest absolute Gasteiger partial charge is 0.160 e. The van der Waals surface area contributed by atoms with Gasteiger partial charge >= 0.3 is 0 Å². The maximum Gasteiger partial charge on any atom is 0.160 e. The Bertz CT molecular complexity index is 534. The largest absolute Gasteiger partial charge is 0.383 e. The molecule has 0 radical (unpaired) electrons. The van der Waals surface area contributed by atoms with Crippen molar-refractivity contribution in [3.63, 3.8) is 0 Å². The van der Waals surface area contributed by atoms with E-state index in [1.165, 1.54) is 0 Å². The third-order valence-corrected chi connectivity index (χ3v) is 2.95. The highest BCUT2D eigenvalue weighted by molar-refractivity contribution is 6.33. The predicted molar refractivity (Wildman–Crippen MR) is 76.1 cm³/mol. The van der Waals surface area contributed by atoms with Crippen LogP contribution < -0.4 is 5.32 Å². The number of rotatable bonds is 6. The first-order chi connectivity index (χ1) is 9.31. The van der Waals surface area contributed by atoms with E-state index in [-0.39, 0.29) is 0 Å². The summed E-state index contributed by atoms with van der Waals surface area (Å²) in [5, 5.41) is 3.91. The molecule has 1 heterocycles. The van der Waals surface area contributed by atoms with Crippen LogP contribution in [-0.2, 0) is 11.3 Å². The SMILES string of the molecule is COCCNCc1ccnc(-c2ccccc2Cl)n1. The molecular formula is C14H16ClN3O. The molecule has 5 heteroatoms. The number of nitrogens with zero attached hydrogens (tertiary/aromatic N) is 2. The van der Waals surface area contributed by atoms with Gasteiger partial charge in [-0.3, -0.25) is 0 Å². The van der Waals surface area contributed by atoms with E-state index in [4.69, 9.17) is 16.3 Å². The van der Waals surface area contributed by atoms with Gasteiger partial charge in [0, 0.05) is 32.0 Å². The number of benzene rings is 1. The molecule has 4 nitrogen and oxygen atoms in total. The standard InChI is InChI=1S/C14H16ClN3O/c1-19-9-8-16-10-11-6-7-17-14(18-11)12-4-2-3-5-13(12)15/h2-7,16H,8-10H2,1H3. The van der Waals surface area contributed by atoms with E-state index in [2.05, 4.69) is 15.3 Å². The number of aromatic nitrogens is 2. The second-order valence-corrected chi connectivity index (χ2v) is 4.43. The third kappa shape index (κ3) is 3.99. The van der Waals surface area contributed by atoms with Crippen LogP contribution in [0, 0.1) is 0 Å². The lowest BCUT2D eigenvalue weighted by molar-refractivity contribution is 0.199. The molecule has 0 fully saturated rings. The van der Waals surface area contributed by atoms with Gasteiger partial charge in [0.25, 0.3) is 0 Å². The van der Waals surface area contributed by atoms with Crippen molar-refractivity contribution in [2.45, 2.75) is 6.54 Å². The molecule has 19 heavy (non-hydrogen) atoms. The van der Waals surface area contributed by atoms with Crippen molar-refractivity contribution in [2.75, 3.05) is 20.3 Å². The summed E-state index contributed by atoms with van der Waals surface area (Å²) in [5.74, 6) is 0.650. The Kier molecular flexibility index (Phi) is 5.27. The van der Waals surface area contributed by atoms with Gasteiger partial charge < -0.3 is 10.1 Å². The minimum Gasteiger partial charge on any atom is -0.383 e. The number of hydrogen-bond donors (Lipinski definition) is 1. The zero-order chi connectivity index (χ0) is 13.5. The van der Waals surface area contributed by atoms with Gasteiger partial charge in [0.1, 0.15) is 0 Å². The summed E-state index contributed by atoms with van der Waals surface area (Å²) in [5.41, 5.74) is 1.78. The quantitative estimate of drug-likeness (QED) is 0.825. The fraction of sp³-hybridized carbons (Fsp3) is 0.286. The zero-order valence-corrected chi connectivity index (χ0v) is 11.5. The summed E-state index contributed by atoms with van der Waals surface area (Å²) in [6.07, 6.45) is 1.75. The fourth-order valence-corrected chi connectivity index (χ4v) is 1.88. The van der Waals surface area contributed by atoms with Crippen molar-refractivity contribution in [1.82, 2.24) is 15.3 Å². The lowest BCUT2D eigenvalue weighted by atomic mass is 10.2. The summed E-state index contributed by atoms with van der Waals surface area (Å²) in [6.45, 7) is 2.16. The lowest BCUT2D eigenvalue weighted by Crippen LogP contribution is -2.19. The van der Waals surface area contributed by atoms with Crippen LogP contribution in [0.2, 0.25) is 5.02 Å². The minimum absolute atomic E-state index is 0.650. The van der Waals surface area contributed by atoms with Crippen molar-refractivity contribution < 1.29 is 4.74 Å². The van der Waals surface area contributed by atoms with Crippen LogP contribution in [0.3, 0.4) is 0 Å². The van der Waals surface area contributed by atoms with E-state index >= 15 is 0 Å². The molecule has 100 valence electrons. The van der Waals surface area contributed by atoms with Gasteiger partial charge in [-0.05, 0) is 18.2 Å². The molecule has 2 rings (SSSR count). The minimum atomic E-state index is 0.650. The topological polar surface area (TPSA) is 47.0 Å². The van der Waals surface area contributed by atoms with E-state index in [0.717, 1.165) is 17.8 Å². The first-order valence-electron chi connectivity index (χ1n) is 6.07. The molecule has 1 aromatic heterocycles. The highest BCUT2D eigenvalue weighted by atomic mass is 35.5. The number of hydrogen-bond acceptors (Lipinski definition) is 4. The van der Waals surface area contributed by atoms with E-state index in [1.54, 1.807) is 13.3 Å². The van der Waals surface area contributed by atoms with Gasteiger partial charge in [-0.25, -0.2) is 9.97 Å². The van der Waals surface area contributed by atoms with Gasteiger partial charge in [0.15, 0.2) is 5.82 Å². The molecule has 1 aromatic carbocycles. The number of halogens is 1. The van der Waals surface area contributed by atoms with Crippen molar-refractivity contribution in [3.05, 3.63) is 47.2 Å². The van der Waals surface area contributed by atoms with Crippen molar-refractivity contribution in [3.8, 4) is 11.4 Å². The Balaban J connectivity index is 2.09. The second-order valence-electron chi connectivity index (χ2n) is 4.02. The fourth-order valence-electron chi connectivity index (χ4n) is 1.66. The van der Waals surface area contributed by atoms with Gasteiger partial charge in [-0.1, -0.05) is 23.7 Å². The maximum atomic E-state index is 6.14. The summed E-state index contributed by atoms with van der Waals surface area (Å²) >= 11 is 6.14. The van der Waals surface area contributed by atoms with E-state index in [0.29, 0.717) is 24.0 Å². The molecule has 0 aliphatic heterocycles. The van der Waals surface area contributed by atoms with Crippen LogP contribution in [0.4, 0.5) is 0 Å². The van der Waals surface area contributed by atoms with E-state index in [1.807, 2.05) is 30.3 Å². The van der Waals surface area contributed by atoms with Gasteiger partial charge in [-0.2, -0.15) is 0 Å². The summed E-state index contributed by atoms with van der Waals surface area (Å²) < 4.78 is 4.98. The first kappa shape index (κ1) is 13.9. The van der Waals surface area contributed by atoms with Crippen LogP contribution in [0.1, 0.15) is 5.69 Å². The molecule has 0 spiro atoms. The van der Waals surface area contributed by atoms with Crippen LogP contribution in [-0.4, -0.2) is 30.2 Å². The molecule has 0 saturated carbocycles. The second kappa shape index (κ2) is 7.19. The highest BCUT2D eigenvalue weighted by Crippen LogP contribution is 2.24. The molecule has 1 N–H and O–H groups in total. The Morgan fingerprint density at radius 1 is 1.26 bits per heavy atom. The number of ether oxygens (including phenoxy) is 1. The van der Waals surface area contributed by atoms with Gasteiger partial charge in [0.05, 0.1) is 17.3 Å². The Morgan fingerprint density at radius 2 is 2.11 bits per heavy atom. The molecule has 0 bridgehead atoms. The summed E-state index contributed by atoms with van der Waals surface area (Å²) in [7, 11) is 1.68. The zero-order valence-electron chi connectivity index (χ0n) is 10.8. The molecule has 0 amide bonds. The van der Waals surface area contributed by atoms with Crippen LogP contribution in [0.5, 0.6) is 0 Å². The van der Waals surface area contributed by atoms with E-state index in [9.17, 15) is 0 Å².